The van der Waals surface area contributed by atoms with E-state index in [0.29, 0.717) is 11.3 Å². The molecule has 0 saturated heterocycles. The summed E-state index contributed by atoms with van der Waals surface area (Å²) in [6.07, 6.45) is 2.65. The summed E-state index contributed by atoms with van der Waals surface area (Å²) in [6.45, 7) is 0.263. The van der Waals surface area contributed by atoms with Crippen molar-refractivity contribution in [2.75, 3.05) is 5.32 Å². The van der Waals surface area contributed by atoms with Crippen molar-refractivity contribution in [1.29, 1.82) is 0 Å². The molecule has 2 heterocycles. The van der Waals surface area contributed by atoms with Crippen LogP contribution in [0.15, 0.2) is 54.9 Å². The molecule has 0 fully saturated rings. The molecule has 0 bridgehead atoms. The fourth-order valence-corrected chi connectivity index (χ4v) is 1.99. The molecule has 0 amide bonds. The number of pyridine rings is 1. The van der Waals surface area contributed by atoms with Crippen molar-refractivity contribution in [2.45, 2.75) is 13.2 Å². The Morgan fingerprint density at radius 2 is 1.79 bits per heavy atom. The third-order valence-corrected chi connectivity index (χ3v) is 3.20. The second-order valence-electron chi connectivity index (χ2n) is 4.90. The van der Waals surface area contributed by atoms with E-state index < -0.39 is 5.82 Å². The van der Waals surface area contributed by atoms with Crippen LogP contribution < -0.4 is 10.1 Å². The van der Waals surface area contributed by atoms with Gasteiger partial charge >= 0.3 is 6.01 Å². The van der Waals surface area contributed by atoms with Crippen LogP contribution in [0.3, 0.4) is 0 Å². The minimum atomic E-state index is -0.642. The molecular formula is C17H14F2N4O. The number of nitrogens with one attached hydrogen (secondary N) is 1. The van der Waals surface area contributed by atoms with E-state index in [0.717, 1.165) is 6.20 Å². The number of rotatable bonds is 6. The van der Waals surface area contributed by atoms with E-state index in [1.165, 1.54) is 6.07 Å². The SMILES string of the molecule is Fc1ccccc1CNc1nc(OCc2ccccn2)ncc1F. The molecule has 3 aromatic rings. The minimum Gasteiger partial charge on any atom is -0.457 e. The second-order valence-corrected chi connectivity index (χ2v) is 4.90. The largest absolute Gasteiger partial charge is 0.457 e. The molecule has 2 aromatic heterocycles. The Balaban J connectivity index is 1.66. The first-order valence-corrected chi connectivity index (χ1v) is 7.25. The van der Waals surface area contributed by atoms with Crippen LogP contribution in [0.5, 0.6) is 6.01 Å². The summed E-state index contributed by atoms with van der Waals surface area (Å²) in [5, 5.41) is 2.75. The van der Waals surface area contributed by atoms with Gasteiger partial charge in [0.15, 0.2) is 11.6 Å². The predicted molar refractivity (Wildman–Crippen MR) is 84.3 cm³/mol. The molecule has 1 N–H and O–H groups in total. The van der Waals surface area contributed by atoms with Crippen LogP contribution in [0.25, 0.3) is 0 Å². The highest BCUT2D eigenvalue weighted by Gasteiger charge is 2.09. The van der Waals surface area contributed by atoms with Crippen LogP contribution in [0.4, 0.5) is 14.6 Å². The number of aromatic nitrogens is 3. The van der Waals surface area contributed by atoms with E-state index in [2.05, 4.69) is 20.3 Å². The van der Waals surface area contributed by atoms with Crippen LogP contribution in [-0.2, 0) is 13.2 Å². The number of nitrogens with zero attached hydrogens (tertiary/aromatic N) is 3. The number of hydrogen-bond donors (Lipinski definition) is 1. The Morgan fingerprint density at radius 1 is 0.958 bits per heavy atom. The van der Waals surface area contributed by atoms with Crippen molar-refractivity contribution in [3.05, 3.63) is 77.8 Å². The van der Waals surface area contributed by atoms with Gasteiger partial charge in [0.25, 0.3) is 0 Å². The van der Waals surface area contributed by atoms with Gasteiger partial charge in [0, 0.05) is 18.3 Å². The first-order valence-electron chi connectivity index (χ1n) is 7.25. The normalized spacial score (nSPS) is 10.4. The van der Waals surface area contributed by atoms with Gasteiger partial charge in [0.2, 0.25) is 0 Å². The molecule has 0 aliphatic heterocycles. The van der Waals surface area contributed by atoms with Gasteiger partial charge in [-0.3, -0.25) is 4.98 Å². The lowest BCUT2D eigenvalue weighted by molar-refractivity contribution is 0.275. The molecule has 3 rings (SSSR count). The zero-order valence-electron chi connectivity index (χ0n) is 12.6. The van der Waals surface area contributed by atoms with E-state index in [-0.39, 0.29) is 30.8 Å². The molecule has 0 spiro atoms. The monoisotopic (exact) mass is 328 g/mol. The van der Waals surface area contributed by atoms with Crippen LogP contribution in [0.1, 0.15) is 11.3 Å². The Bertz CT molecular complexity index is 815. The number of halogens is 2. The summed E-state index contributed by atoms with van der Waals surface area (Å²) >= 11 is 0. The summed E-state index contributed by atoms with van der Waals surface area (Å²) in [6, 6.07) is 11.7. The van der Waals surface area contributed by atoms with E-state index in [9.17, 15) is 8.78 Å². The fraction of sp³-hybridized carbons (Fsp3) is 0.118. The van der Waals surface area contributed by atoms with E-state index in [4.69, 9.17) is 4.74 Å². The van der Waals surface area contributed by atoms with Crippen molar-refractivity contribution in [3.8, 4) is 6.01 Å². The summed E-state index contributed by atoms with van der Waals surface area (Å²) in [4.78, 5) is 11.8. The van der Waals surface area contributed by atoms with E-state index >= 15 is 0 Å². The van der Waals surface area contributed by atoms with Gasteiger partial charge in [-0.2, -0.15) is 4.98 Å². The van der Waals surface area contributed by atoms with E-state index in [1.54, 1.807) is 36.5 Å². The van der Waals surface area contributed by atoms with Crippen molar-refractivity contribution >= 4 is 5.82 Å². The third kappa shape index (κ3) is 4.01. The number of benzene rings is 1. The quantitative estimate of drug-likeness (QED) is 0.752. The molecule has 0 unspecified atom stereocenters. The molecule has 122 valence electrons. The Morgan fingerprint density at radius 3 is 2.58 bits per heavy atom. The van der Waals surface area contributed by atoms with Crippen molar-refractivity contribution in [2.24, 2.45) is 0 Å². The zero-order valence-corrected chi connectivity index (χ0v) is 12.6. The number of ether oxygens (including phenoxy) is 1. The lowest BCUT2D eigenvalue weighted by Crippen LogP contribution is -2.08. The van der Waals surface area contributed by atoms with Crippen LogP contribution >= 0.6 is 0 Å². The summed E-state index contributed by atoms with van der Waals surface area (Å²) in [7, 11) is 0. The fourth-order valence-electron chi connectivity index (χ4n) is 1.99. The Labute approximate surface area is 137 Å². The maximum Gasteiger partial charge on any atom is 0.318 e. The van der Waals surface area contributed by atoms with Gasteiger partial charge in [-0.25, -0.2) is 13.8 Å². The predicted octanol–water partition coefficient (Wildman–Crippen LogP) is 3.34. The van der Waals surface area contributed by atoms with Crippen LogP contribution in [0.2, 0.25) is 0 Å². The van der Waals surface area contributed by atoms with Crippen molar-refractivity contribution in [1.82, 2.24) is 15.0 Å². The maximum atomic E-state index is 13.8. The van der Waals surface area contributed by atoms with Gasteiger partial charge < -0.3 is 10.1 Å². The topological polar surface area (TPSA) is 59.9 Å². The number of anilines is 1. The average Bonchev–Trinajstić information content (AvgIpc) is 2.62. The molecule has 0 radical (unpaired) electrons. The van der Waals surface area contributed by atoms with Gasteiger partial charge in [-0.1, -0.05) is 24.3 Å². The zero-order chi connectivity index (χ0) is 16.8. The summed E-state index contributed by atoms with van der Waals surface area (Å²) in [5.74, 6) is -1.06. The first-order chi connectivity index (χ1) is 11.7. The highest BCUT2D eigenvalue weighted by Crippen LogP contribution is 2.16. The van der Waals surface area contributed by atoms with Crippen molar-refractivity contribution < 1.29 is 13.5 Å². The summed E-state index contributed by atoms with van der Waals surface area (Å²) in [5.41, 5.74) is 1.11. The highest BCUT2D eigenvalue weighted by atomic mass is 19.1. The van der Waals surface area contributed by atoms with Gasteiger partial charge in [0.05, 0.1) is 11.9 Å². The average molecular weight is 328 g/mol. The molecule has 0 saturated carbocycles. The van der Waals surface area contributed by atoms with Crippen LogP contribution in [-0.4, -0.2) is 15.0 Å². The molecule has 24 heavy (non-hydrogen) atoms. The highest BCUT2D eigenvalue weighted by molar-refractivity contribution is 5.37. The lowest BCUT2D eigenvalue weighted by atomic mass is 10.2. The van der Waals surface area contributed by atoms with Crippen LogP contribution in [0, 0.1) is 11.6 Å². The smallest absolute Gasteiger partial charge is 0.318 e. The maximum absolute atomic E-state index is 13.8. The molecular weight excluding hydrogens is 314 g/mol. The van der Waals surface area contributed by atoms with Gasteiger partial charge in [-0.05, 0) is 18.2 Å². The molecule has 1 aromatic carbocycles. The van der Waals surface area contributed by atoms with E-state index in [1.807, 2.05) is 6.07 Å². The second kappa shape index (κ2) is 7.45. The Hall–Kier alpha value is -3.09. The minimum absolute atomic E-state index is 0.0121. The summed E-state index contributed by atoms with van der Waals surface area (Å²) < 4.78 is 32.8. The molecule has 0 aliphatic carbocycles. The Kier molecular flexibility index (Phi) is 4.90. The lowest BCUT2D eigenvalue weighted by Gasteiger charge is -2.09. The first kappa shape index (κ1) is 15.8. The molecule has 0 aliphatic rings. The van der Waals surface area contributed by atoms with Gasteiger partial charge in [-0.15, -0.1) is 0 Å². The standard InChI is InChI=1S/C17H14F2N4O/c18-14-7-2-1-5-12(14)9-21-16-15(19)10-22-17(23-16)24-11-13-6-3-4-8-20-13/h1-8,10H,9,11H2,(H,21,22,23). The van der Waals surface area contributed by atoms with Crippen molar-refractivity contribution in [3.63, 3.8) is 0 Å². The molecule has 0 atom stereocenters. The number of hydrogen-bond acceptors (Lipinski definition) is 5. The molecule has 5 nitrogen and oxygen atoms in total. The molecule has 7 heteroatoms. The third-order valence-electron chi connectivity index (χ3n) is 3.20. The van der Waals surface area contributed by atoms with Gasteiger partial charge in [0.1, 0.15) is 12.4 Å².